The predicted octanol–water partition coefficient (Wildman–Crippen LogP) is 3.27. The minimum atomic E-state index is -4.49. The number of hydrogen-bond acceptors (Lipinski definition) is 3. The molecule has 2 aromatic heterocycles. The van der Waals surface area contributed by atoms with Gasteiger partial charge in [0.15, 0.2) is 5.69 Å². The number of carboxylic acid groups (broad SMARTS) is 1. The van der Waals surface area contributed by atoms with Gasteiger partial charge in [-0.05, 0) is 24.3 Å². The van der Waals surface area contributed by atoms with Crippen molar-refractivity contribution in [3.8, 4) is 10.6 Å². The van der Waals surface area contributed by atoms with Crippen molar-refractivity contribution in [3.63, 3.8) is 0 Å². The van der Waals surface area contributed by atoms with Gasteiger partial charge in [-0.3, -0.25) is 4.68 Å². The molecule has 0 amide bonds. The average molecular weight is 302 g/mol. The van der Waals surface area contributed by atoms with Crippen LogP contribution in [0.1, 0.15) is 10.6 Å². The summed E-state index contributed by atoms with van der Waals surface area (Å²) in [6, 6.07) is 4.24. The Labute approximate surface area is 115 Å². The zero-order valence-electron chi connectivity index (χ0n) is 10.2. The van der Waals surface area contributed by atoms with Crippen LogP contribution in [0.4, 0.5) is 13.2 Å². The Balaban J connectivity index is 2.33. The van der Waals surface area contributed by atoms with Crippen molar-refractivity contribution in [1.29, 1.82) is 0 Å². The molecule has 0 aromatic carbocycles. The van der Waals surface area contributed by atoms with E-state index in [-0.39, 0.29) is 0 Å². The molecule has 0 unspecified atom stereocenters. The fraction of sp³-hybridized carbons (Fsp3) is 0.167. The maximum absolute atomic E-state index is 12.6. The van der Waals surface area contributed by atoms with Crippen LogP contribution in [-0.2, 0) is 18.0 Å². The lowest BCUT2D eigenvalue weighted by Crippen LogP contribution is -2.06. The highest BCUT2D eigenvalue weighted by Crippen LogP contribution is 2.34. The maximum Gasteiger partial charge on any atom is 0.435 e. The van der Waals surface area contributed by atoms with E-state index in [1.54, 1.807) is 12.1 Å². The number of hydrogen-bond donors (Lipinski definition) is 1. The van der Waals surface area contributed by atoms with E-state index in [2.05, 4.69) is 5.10 Å². The lowest BCUT2D eigenvalue weighted by Gasteiger charge is -1.98. The summed E-state index contributed by atoms with van der Waals surface area (Å²) in [4.78, 5) is 11.6. The number of halogens is 3. The number of aryl methyl sites for hydroxylation is 1. The lowest BCUT2D eigenvalue weighted by molar-refractivity contribution is -0.141. The molecule has 106 valence electrons. The van der Waals surface area contributed by atoms with E-state index in [4.69, 9.17) is 5.11 Å². The summed E-state index contributed by atoms with van der Waals surface area (Å²) >= 11 is 1.19. The van der Waals surface area contributed by atoms with Gasteiger partial charge >= 0.3 is 12.1 Å². The van der Waals surface area contributed by atoms with Crippen molar-refractivity contribution in [2.45, 2.75) is 6.18 Å². The second-order valence-electron chi connectivity index (χ2n) is 3.91. The van der Waals surface area contributed by atoms with E-state index in [0.717, 1.165) is 16.8 Å². The van der Waals surface area contributed by atoms with E-state index in [1.807, 2.05) is 0 Å². The van der Waals surface area contributed by atoms with Gasteiger partial charge in [-0.1, -0.05) is 0 Å². The molecule has 0 spiro atoms. The van der Waals surface area contributed by atoms with Crippen molar-refractivity contribution < 1.29 is 23.1 Å². The van der Waals surface area contributed by atoms with Crippen LogP contribution in [0.5, 0.6) is 0 Å². The van der Waals surface area contributed by atoms with Gasteiger partial charge in [0.1, 0.15) is 0 Å². The first-order chi connectivity index (χ1) is 9.27. The summed E-state index contributed by atoms with van der Waals surface area (Å²) in [5, 5.41) is 11.9. The van der Waals surface area contributed by atoms with E-state index in [1.165, 1.54) is 24.5 Å². The predicted molar refractivity (Wildman–Crippen MR) is 68.2 cm³/mol. The van der Waals surface area contributed by atoms with Crippen molar-refractivity contribution in [1.82, 2.24) is 9.78 Å². The van der Waals surface area contributed by atoms with E-state index >= 15 is 0 Å². The number of rotatable bonds is 3. The summed E-state index contributed by atoms with van der Waals surface area (Å²) in [7, 11) is 1.43. The van der Waals surface area contributed by atoms with E-state index < -0.39 is 17.8 Å². The number of carboxylic acids is 1. The average Bonchev–Trinajstić information content (AvgIpc) is 2.91. The Kier molecular flexibility index (Phi) is 3.67. The van der Waals surface area contributed by atoms with Crippen LogP contribution >= 0.6 is 11.3 Å². The Hall–Kier alpha value is -2.09. The van der Waals surface area contributed by atoms with E-state index in [9.17, 15) is 18.0 Å². The van der Waals surface area contributed by atoms with Gasteiger partial charge in [0.25, 0.3) is 0 Å². The van der Waals surface area contributed by atoms with Crippen LogP contribution < -0.4 is 0 Å². The zero-order chi connectivity index (χ0) is 14.9. The minimum absolute atomic E-state index is 0.331. The SMILES string of the molecule is Cn1nc(C(F)(F)F)cc1-c1ccc(/C=C/C(=O)O)s1. The smallest absolute Gasteiger partial charge is 0.435 e. The first kappa shape index (κ1) is 14.3. The fourth-order valence-corrected chi connectivity index (χ4v) is 2.53. The van der Waals surface area contributed by atoms with Crippen molar-refractivity contribution in [2.75, 3.05) is 0 Å². The fourth-order valence-electron chi connectivity index (χ4n) is 1.57. The van der Waals surface area contributed by atoms with Gasteiger partial charge in [0, 0.05) is 18.0 Å². The van der Waals surface area contributed by atoms with Crippen molar-refractivity contribution >= 4 is 23.4 Å². The van der Waals surface area contributed by atoms with Crippen molar-refractivity contribution in [2.24, 2.45) is 7.05 Å². The molecule has 2 rings (SSSR count). The Morgan fingerprint density at radius 2 is 2.15 bits per heavy atom. The van der Waals surface area contributed by atoms with Gasteiger partial charge in [-0.25, -0.2) is 4.79 Å². The maximum atomic E-state index is 12.6. The molecular weight excluding hydrogens is 293 g/mol. The second kappa shape index (κ2) is 5.12. The molecule has 0 saturated heterocycles. The van der Waals surface area contributed by atoms with Gasteiger partial charge in [0.2, 0.25) is 0 Å². The molecule has 0 aliphatic heterocycles. The monoisotopic (exact) mass is 302 g/mol. The highest BCUT2D eigenvalue weighted by molar-refractivity contribution is 7.16. The Morgan fingerprint density at radius 3 is 2.70 bits per heavy atom. The Bertz CT molecular complexity index is 671. The van der Waals surface area contributed by atoms with Crippen LogP contribution in [0.25, 0.3) is 16.6 Å². The summed E-state index contributed by atoms with van der Waals surface area (Å²) in [6.07, 6.45) is -2.13. The summed E-state index contributed by atoms with van der Waals surface area (Å²) in [5.74, 6) is -1.08. The minimum Gasteiger partial charge on any atom is -0.478 e. The van der Waals surface area contributed by atoms with Gasteiger partial charge < -0.3 is 5.11 Å². The number of aromatic nitrogens is 2. The summed E-state index contributed by atoms with van der Waals surface area (Å²) < 4.78 is 38.8. The number of alkyl halides is 3. The number of carbonyl (C=O) groups is 1. The molecule has 0 aliphatic rings. The standard InChI is InChI=1S/C12H9F3N2O2S/c1-17-8(6-10(16-17)12(13,14)15)9-4-2-7(20-9)3-5-11(18)19/h2-6H,1H3,(H,18,19)/b5-3+. The molecule has 0 radical (unpaired) electrons. The van der Waals surface area contributed by atoms with Gasteiger partial charge in [0.05, 0.1) is 10.6 Å². The molecule has 0 aliphatic carbocycles. The lowest BCUT2D eigenvalue weighted by atomic mass is 10.3. The molecule has 4 nitrogen and oxygen atoms in total. The molecule has 0 bridgehead atoms. The van der Waals surface area contributed by atoms with Crippen LogP contribution in [0, 0.1) is 0 Å². The van der Waals surface area contributed by atoms with Crippen LogP contribution in [0.3, 0.4) is 0 Å². The third kappa shape index (κ3) is 3.08. The molecule has 2 aromatic rings. The molecule has 8 heteroatoms. The topological polar surface area (TPSA) is 55.1 Å². The molecule has 2 heterocycles. The molecule has 20 heavy (non-hydrogen) atoms. The first-order valence-electron chi connectivity index (χ1n) is 5.40. The highest BCUT2D eigenvalue weighted by atomic mass is 32.1. The zero-order valence-corrected chi connectivity index (χ0v) is 11.0. The van der Waals surface area contributed by atoms with Gasteiger partial charge in [-0.2, -0.15) is 18.3 Å². The molecule has 0 atom stereocenters. The van der Waals surface area contributed by atoms with Crippen LogP contribution in [-0.4, -0.2) is 20.9 Å². The Morgan fingerprint density at radius 1 is 1.45 bits per heavy atom. The van der Waals surface area contributed by atoms with E-state index in [0.29, 0.717) is 15.4 Å². The highest BCUT2D eigenvalue weighted by Gasteiger charge is 2.34. The molecule has 0 fully saturated rings. The third-order valence-corrected chi connectivity index (χ3v) is 3.51. The summed E-state index contributed by atoms with van der Waals surface area (Å²) in [5.41, 5.74) is -0.622. The van der Waals surface area contributed by atoms with Crippen LogP contribution in [0.2, 0.25) is 0 Å². The van der Waals surface area contributed by atoms with Gasteiger partial charge in [-0.15, -0.1) is 11.3 Å². The third-order valence-electron chi connectivity index (χ3n) is 2.44. The first-order valence-corrected chi connectivity index (χ1v) is 6.21. The van der Waals surface area contributed by atoms with Crippen LogP contribution in [0.15, 0.2) is 24.3 Å². The van der Waals surface area contributed by atoms with Crippen molar-refractivity contribution in [3.05, 3.63) is 34.8 Å². The molecular formula is C12H9F3N2O2S. The number of thiophene rings is 1. The molecule has 1 N–H and O–H groups in total. The summed E-state index contributed by atoms with van der Waals surface area (Å²) in [6.45, 7) is 0. The normalized spacial score (nSPS) is 12.2. The number of aliphatic carboxylic acids is 1. The quantitative estimate of drug-likeness (QED) is 0.885. The second-order valence-corrected chi connectivity index (χ2v) is 5.03. The largest absolute Gasteiger partial charge is 0.478 e. The number of nitrogens with zero attached hydrogens (tertiary/aromatic N) is 2. The molecule has 0 saturated carbocycles.